The summed E-state index contributed by atoms with van der Waals surface area (Å²) >= 11 is 0. The second kappa shape index (κ2) is 6.72. The van der Waals surface area contributed by atoms with Crippen LogP contribution in [-0.2, 0) is 6.42 Å². The van der Waals surface area contributed by atoms with Crippen LogP contribution in [-0.4, -0.2) is 0 Å². The van der Waals surface area contributed by atoms with Gasteiger partial charge in [0, 0.05) is 5.92 Å². The van der Waals surface area contributed by atoms with E-state index in [0.29, 0.717) is 0 Å². The number of allylic oxidation sites excluding steroid dienone is 3. The van der Waals surface area contributed by atoms with Crippen molar-refractivity contribution in [1.82, 2.24) is 0 Å². The highest BCUT2D eigenvalue weighted by Gasteiger charge is 2.21. The second-order valence-corrected chi connectivity index (χ2v) is 6.18. The zero-order valence-electron chi connectivity index (χ0n) is 13.6. The van der Waals surface area contributed by atoms with Crippen molar-refractivity contribution in [2.45, 2.75) is 12.3 Å². The lowest BCUT2D eigenvalue weighted by atomic mass is 9.87. The van der Waals surface area contributed by atoms with E-state index < -0.39 is 0 Å². The molecule has 1 unspecified atom stereocenters. The molecule has 0 N–H and O–H groups in total. The fourth-order valence-corrected chi connectivity index (χ4v) is 3.43. The molecule has 0 saturated heterocycles. The van der Waals surface area contributed by atoms with Crippen molar-refractivity contribution in [3.63, 3.8) is 0 Å². The highest BCUT2D eigenvalue weighted by molar-refractivity contribution is 5.80. The van der Waals surface area contributed by atoms with Crippen molar-refractivity contribution < 1.29 is 0 Å². The summed E-state index contributed by atoms with van der Waals surface area (Å²) in [4.78, 5) is 0. The molecule has 0 saturated carbocycles. The molecule has 24 heavy (non-hydrogen) atoms. The summed E-state index contributed by atoms with van der Waals surface area (Å²) in [7, 11) is 0. The lowest BCUT2D eigenvalue weighted by Gasteiger charge is -2.17. The number of rotatable bonds is 4. The Kier molecular flexibility index (Phi) is 4.12. The van der Waals surface area contributed by atoms with Gasteiger partial charge in [0.05, 0.1) is 0 Å². The molecule has 0 spiro atoms. The minimum atomic E-state index is 0.287. The highest BCUT2D eigenvalue weighted by Crippen LogP contribution is 2.39. The minimum absolute atomic E-state index is 0.287. The summed E-state index contributed by atoms with van der Waals surface area (Å²) < 4.78 is 0. The lowest BCUT2D eigenvalue weighted by Crippen LogP contribution is -1.98. The molecule has 0 heterocycles. The Hall–Kier alpha value is -2.86. The van der Waals surface area contributed by atoms with E-state index in [-0.39, 0.29) is 5.92 Å². The van der Waals surface area contributed by atoms with Gasteiger partial charge in [-0.2, -0.15) is 0 Å². The lowest BCUT2D eigenvalue weighted by molar-refractivity contribution is 1.11. The summed E-state index contributed by atoms with van der Waals surface area (Å²) in [5.74, 6) is 0.287. The van der Waals surface area contributed by atoms with E-state index in [0.717, 1.165) is 6.42 Å². The Bertz CT molecular complexity index is 870. The molecule has 0 heteroatoms. The molecule has 0 aromatic heterocycles. The van der Waals surface area contributed by atoms with Crippen molar-refractivity contribution in [2.24, 2.45) is 0 Å². The maximum absolute atomic E-state index is 2.39. The first-order valence-electron chi connectivity index (χ1n) is 8.48. The Labute approximate surface area is 143 Å². The number of fused-ring (bicyclic) bond motifs is 1. The largest absolute Gasteiger partial charge is 0.0753 e. The van der Waals surface area contributed by atoms with E-state index in [9.17, 15) is 0 Å². The molecule has 0 aliphatic heterocycles. The van der Waals surface area contributed by atoms with Crippen LogP contribution in [0.3, 0.4) is 0 Å². The van der Waals surface area contributed by atoms with Crippen molar-refractivity contribution >= 4 is 11.6 Å². The third kappa shape index (κ3) is 2.96. The van der Waals surface area contributed by atoms with Crippen LogP contribution >= 0.6 is 0 Å². The van der Waals surface area contributed by atoms with E-state index in [4.69, 9.17) is 0 Å². The van der Waals surface area contributed by atoms with Gasteiger partial charge in [0.25, 0.3) is 0 Å². The fourth-order valence-electron chi connectivity index (χ4n) is 3.43. The van der Waals surface area contributed by atoms with Crippen LogP contribution in [0.1, 0.15) is 28.2 Å². The number of hydrogen-bond acceptors (Lipinski definition) is 0. The van der Waals surface area contributed by atoms with Gasteiger partial charge in [0.1, 0.15) is 0 Å². The van der Waals surface area contributed by atoms with Gasteiger partial charge in [0.2, 0.25) is 0 Å². The molecule has 4 rings (SSSR count). The third-order valence-electron chi connectivity index (χ3n) is 4.64. The first-order chi connectivity index (χ1) is 11.9. The predicted molar refractivity (Wildman–Crippen MR) is 103 cm³/mol. The van der Waals surface area contributed by atoms with E-state index in [1.807, 2.05) is 0 Å². The van der Waals surface area contributed by atoms with Gasteiger partial charge in [0.15, 0.2) is 0 Å². The Balaban J connectivity index is 1.74. The first-order valence-corrected chi connectivity index (χ1v) is 8.48. The second-order valence-electron chi connectivity index (χ2n) is 6.18. The Morgan fingerprint density at radius 3 is 2.17 bits per heavy atom. The van der Waals surface area contributed by atoms with Crippen LogP contribution < -0.4 is 0 Å². The quantitative estimate of drug-likeness (QED) is 0.544. The smallest absolute Gasteiger partial charge is 0.0275 e. The van der Waals surface area contributed by atoms with Crippen molar-refractivity contribution in [1.29, 1.82) is 0 Å². The molecule has 3 aromatic carbocycles. The molecule has 116 valence electrons. The van der Waals surface area contributed by atoms with E-state index in [1.165, 1.54) is 27.8 Å². The average molecular weight is 308 g/mol. The van der Waals surface area contributed by atoms with Crippen LogP contribution in [0.2, 0.25) is 0 Å². The summed E-state index contributed by atoms with van der Waals surface area (Å²) in [6, 6.07) is 30.1. The summed E-state index contributed by atoms with van der Waals surface area (Å²) in [6.45, 7) is 0. The molecule has 0 nitrogen and oxygen atoms in total. The van der Waals surface area contributed by atoms with Gasteiger partial charge in [-0.25, -0.2) is 0 Å². The third-order valence-corrected chi connectivity index (χ3v) is 4.64. The van der Waals surface area contributed by atoms with E-state index >= 15 is 0 Å². The highest BCUT2D eigenvalue weighted by atomic mass is 14.2. The predicted octanol–water partition coefficient (Wildman–Crippen LogP) is 6.12. The number of benzene rings is 3. The number of hydrogen-bond donors (Lipinski definition) is 0. The van der Waals surface area contributed by atoms with Crippen LogP contribution in [0, 0.1) is 0 Å². The van der Waals surface area contributed by atoms with Crippen LogP contribution in [0.4, 0.5) is 0 Å². The van der Waals surface area contributed by atoms with Gasteiger partial charge in [-0.1, -0.05) is 103 Å². The molecule has 0 bridgehead atoms. The molecular formula is C24H20. The zero-order valence-corrected chi connectivity index (χ0v) is 13.6. The van der Waals surface area contributed by atoms with Gasteiger partial charge in [-0.3, -0.25) is 0 Å². The zero-order chi connectivity index (χ0) is 16.2. The van der Waals surface area contributed by atoms with Gasteiger partial charge in [-0.05, 0) is 34.2 Å². The molecule has 3 aromatic rings. The van der Waals surface area contributed by atoms with Crippen molar-refractivity contribution in [3.05, 3.63) is 119 Å². The summed E-state index contributed by atoms with van der Waals surface area (Å²) in [5, 5.41) is 0. The molecule has 0 fully saturated rings. The van der Waals surface area contributed by atoms with Gasteiger partial charge in [-0.15, -0.1) is 0 Å². The average Bonchev–Trinajstić information content (AvgIpc) is 3.08. The maximum atomic E-state index is 2.39. The van der Waals surface area contributed by atoms with Crippen molar-refractivity contribution in [3.8, 4) is 0 Å². The summed E-state index contributed by atoms with van der Waals surface area (Å²) in [5.41, 5.74) is 6.83. The topological polar surface area (TPSA) is 0 Å². The normalized spacial score (nSPS) is 14.4. The monoisotopic (exact) mass is 308 g/mol. The maximum Gasteiger partial charge on any atom is 0.0275 e. The summed E-state index contributed by atoms with van der Waals surface area (Å²) in [6.07, 6.45) is 7.99. The molecule has 1 aliphatic carbocycles. The van der Waals surface area contributed by atoms with Crippen LogP contribution in [0.15, 0.2) is 97.1 Å². The molecule has 1 atom stereocenters. The van der Waals surface area contributed by atoms with Gasteiger partial charge < -0.3 is 0 Å². The van der Waals surface area contributed by atoms with E-state index in [2.05, 4.69) is 103 Å². The van der Waals surface area contributed by atoms with Crippen LogP contribution in [0.25, 0.3) is 11.6 Å². The minimum Gasteiger partial charge on any atom is -0.0753 e. The molecule has 0 radical (unpaired) electrons. The SMILES string of the molecule is C1=C(C(/C=C/c2ccccc2)c2ccccc2)c2ccccc2C1. The van der Waals surface area contributed by atoms with E-state index in [1.54, 1.807) is 0 Å². The van der Waals surface area contributed by atoms with Gasteiger partial charge >= 0.3 is 0 Å². The molecule has 0 amide bonds. The standard InChI is InChI=1S/C24H20/c1-3-9-19(10-4-1)15-17-23(20-11-5-2-6-12-20)24-18-16-21-13-7-8-14-22(21)24/h1-15,17-18,23H,16H2/b17-15+. The Morgan fingerprint density at radius 1 is 0.708 bits per heavy atom. The first kappa shape index (κ1) is 14.7. The fraction of sp³-hybridized carbons (Fsp3) is 0.0833. The van der Waals surface area contributed by atoms with Crippen molar-refractivity contribution in [2.75, 3.05) is 0 Å². The Morgan fingerprint density at radius 2 is 1.38 bits per heavy atom. The molecular weight excluding hydrogens is 288 g/mol. The van der Waals surface area contributed by atoms with Crippen LogP contribution in [0.5, 0.6) is 0 Å². The molecule has 1 aliphatic rings.